The molecule has 2 aliphatic rings. The Labute approximate surface area is 114 Å². The van der Waals surface area contributed by atoms with Crippen molar-refractivity contribution in [1.82, 2.24) is 20.4 Å². The molecule has 0 radical (unpaired) electrons. The van der Waals surface area contributed by atoms with Gasteiger partial charge in [0, 0.05) is 38.3 Å². The Balaban J connectivity index is 1.89. The zero-order chi connectivity index (χ0) is 14.2. The van der Waals surface area contributed by atoms with Crippen LogP contribution in [0.2, 0.25) is 0 Å². The fraction of sp³-hybridized carbons (Fsp3) is 0.846. The summed E-state index contributed by atoms with van der Waals surface area (Å²) in [6.07, 6.45) is 0. The molecule has 2 unspecified atom stereocenters. The summed E-state index contributed by atoms with van der Waals surface area (Å²) in [6, 6.07) is 0.623. The highest BCUT2D eigenvalue weighted by Gasteiger charge is 2.44. The molecule has 0 aliphatic carbocycles. The number of urea groups is 1. The van der Waals surface area contributed by atoms with Crippen LogP contribution >= 0.6 is 0 Å². The zero-order valence-corrected chi connectivity index (χ0v) is 12.2. The lowest BCUT2D eigenvalue weighted by Crippen LogP contribution is -2.55. The fourth-order valence-electron chi connectivity index (χ4n) is 2.89. The molecule has 108 valence electrons. The number of nitrogens with zero attached hydrogens (tertiary/aromatic N) is 2. The Morgan fingerprint density at radius 1 is 1.16 bits per heavy atom. The second-order valence-electron chi connectivity index (χ2n) is 6.24. The van der Waals surface area contributed by atoms with Crippen LogP contribution in [0, 0.1) is 0 Å². The average Bonchev–Trinajstić information content (AvgIpc) is 2.45. The molecule has 2 N–H and O–H groups in total. The van der Waals surface area contributed by atoms with Gasteiger partial charge in [-0.2, -0.15) is 0 Å². The minimum atomic E-state index is -0.763. The van der Waals surface area contributed by atoms with E-state index in [1.807, 2.05) is 0 Å². The van der Waals surface area contributed by atoms with Crippen LogP contribution in [0.15, 0.2) is 0 Å². The van der Waals surface area contributed by atoms with Crippen LogP contribution in [-0.2, 0) is 4.79 Å². The van der Waals surface area contributed by atoms with E-state index in [0.29, 0.717) is 18.6 Å². The van der Waals surface area contributed by atoms with E-state index in [9.17, 15) is 9.59 Å². The van der Waals surface area contributed by atoms with Gasteiger partial charge in [0.1, 0.15) is 5.54 Å². The third-order valence-electron chi connectivity index (χ3n) is 3.72. The minimum absolute atomic E-state index is 0.131. The molecule has 0 aromatic heterocycles. The molecule has 0 saturated carbocycles. The number of rotatable bonds is 3. The highest BCUT2D eigenvalue weighted by Crippen LogP contribution is 2.16. The number of carbonyl (C=O) groups is 2. The van der Waals surface area contributed by atoms with Gasteiger partial charge in [-0.15, -0.1) is 0 Å². The van der Waals surface area contributed by atoms with Gasteiger partial charge >= 0.3 is 6.03 Å². The Bertz CT molecular complexity index is 373. The van der Waals surface area contributed by atoms with Gasteiger partial charge < -0.3 is 10.6 Å². The second-order valence-corrected chi connectivity index (χ2v) is 6.24. The van der Waals surface area contributed by atoms with Crippen molar-refractivity contribution >= 4 is 11.9 Å². The van der Waals surface area contributed by atoms with Crippen LogP contribution in [0.25, 0.3) is 0 Å². The lowest BCUT2D eigenvalue weighted by atomic mass is 10.1. The van der Waals surface area contributed by atoms with E-state index in [1.165, 1.54) is 4.90 Å². The van der Waals surface area contributed by atoms with Crippen molar-refractivity contribution in [3.8, 4) is 0 Å². The van der Waals surface area contributed by atoms with Crippen molar-refractivity contribution in [3.63, 3.8) is 0 Å². The molecule has 6 heteroatoms. The first-order valence-electron chi connectivity index (χ1n) is 6.92. The van der Waals surface area contributed by atoms with E-state index >= 15 is 0 Å². The summed E-state index contributed by atoms with van der Waals surface area (Å²) in [6.45, 7) is 10.9. The smallest absolute Gasteiger partial charge is 0.324 e. The van der Waals surface area contributed by atoms with Crippen LogP contribution in [0.1, 0.15) is 27.7 Å². The Hall–Kier alpha value is -1.14. The summed E-state index contributed by atoms with van der Waals surface area (Å²) in [5.74, 6) is -0.131. The number of amides is 3. The van der Waals surface area contributed by atoms with E-state index in [-0.39, 0.29) is 11.9 Å². The molecule has 3 amide bonds. The molecule has 0 aromatic rings. The summed E-state index contributed by atoms with van der Waals surface area (Å²) < 4.78 is 0. The zero-order valence-electron chi connectivity index (χ0n) is 12.2. The van der Waals surface area contributed by atoms with Crippen molar-refractivity contribution in [2.24, 2.45) is 0 Å². The van der Waals surface area contributed by atoms with Crippen LogP contribution < -0.4 is 10.6 Å². The SMILES string of the molecule is CC1CN(CCN2C(=O)NC(C)(C)C2=O)CC(C)N1. The third kappa shape index (κ3) is 3.06. The number of nitrogens with one attached hydrogen (secondary N) is 2. The van der Waals surface area contributed by atoms with Gasteiger partial charge in [0.25, 0.3) is 5.91 Å². The largest absolute Gasteiger partial charge is 0.325 e. The van der Waals surface area contributed by atoms with E-state index in [0.717, 1.165) is 19.6 Å². The molecule has 2 aliphatic heterocycles. The van der Waals surface area contributed by atoms with Gasteiger partial charge in [-0.25, -0.2) is 4.79 Å². The van der Waals surface area contributed by atoms with Crippen LogP contribution in [0.3, 0.4) is 0 Å². The standard InChI is InChI=1S/C13H24N4O2/c1-9-7-16(8-10(2)14-9)5-6-17-11(18)13(3,4)15-12(17)19/h9-10,14H,5-8H2,1-4H3,(H,15,19). The summed E-state index contributed by atoms with van der Waals surface area (Å²) in [5, 5.41) is 6.17. The van der Waals surface area contributed by atoms with Crippen LogP contribution in [-0.4, -0.2) is 65.5 Å². The third-order valence-corrected chi connectivity index (χ3v) is 3.72. The van der Waals surface area contributed by atoms with Gasteiger partial charge in [0.2, 0.25) is 0 Å². The first-order chi connectivity index (χ1) is 8.79. The van der Waals surface area contributed by atoms with Gasteiger partial charge in [-0.1, -0.05) is 0 Å². The van der Waals surface area contributed by atoms with E-state index in [1.54, 1.807) is 13.8 Å². The first-order valence-corrected chi connectivity index (χ1v) is 6.92. The average molecular weight is 268 g/mol. The first kappa shape index (κ1) is 14.3. The van der Waals surface area contributed by atoms with Crippen molar-refractivity contribution in [2.45, 2.75) is 45.3 Å². The highest BCUT2D eigenvalue weighted by molar-refractivity contribution is 6.06. The number of hydrogen-bond acceptors (Lipinski definition) is 4. The second kappa shape index (κ2) is 5.09. The molecular weight excluding hydrogens is 244 g/mol. The summed E-state index contributed by atoms with van der Waals surface area (Å²) in [4.78, 5) is 27.4. The topological polar surface area (TPSA) is 64.7 Å². The number of imide groups is 1. The molecule has 2 fully saturated rings. The van der Waals surface area contributed by atoms with E-state index in [4.69, 9.17) is 0 Å². The number of hydrogen-bond donors (Lipinski definition) is 2. The number of piperazine rings is 1. The maximum atomic E-state index is 12.1. The maximum absolute atomic E-state index is 12.1. The van der Waals surface area contributed by atoms with Gasteiger partial charge in [0.15, 0.2) is 0 Å². The molecule has 0 spiro atoms. The molecule has 2 atom stereocenters. The Morgan fingerprint density at radius 3 is 2.21 bits per heavy atom. The molecule has 0 bridgehead atoms. The van der Waals surface area contributed by atoms with Crippen molar-refractivity contribution in [2.75, 3.05) is 26.2 Å². The predicted octanol–water partition coefficient (Wildman–Crippen LogP) is -0.001000. The highest BCUT2D eigenvalue weighted by atomic mass is 16.2. The Morgan fingerprint density at radius 2 is 1.74 bits per heavy atom. The molecule has 2 rings (SSSR count). The van der Waals surface area contributed by atoms with E-state index in [2.05, 4.69) is 29.4 Å². The maximum Gasteiger partial charge on any atom is 0.325 e. The molecule has 2 heterocycles. The molecule has 6 nitrogen and oxygen atoms in total. The monoisotopic (exact) mass is 268 g/mol. The molecular formula is C13H24N4O2. The quantitative estimate of drug-likeness (QED) is 0.707. The summed E-state index contributed by atoms with van der Waals surface area (Å²) in [7, 11) is 0. The molecule has 0 aromatic carbocycles. The lowest BCUT2D eigenvalue weighted by molar-refractivity contribution is -0.130. The molecule has 2 saturated heterocycles. The predicted molar refractivity (Wildman–Crippen MR) is 72.8 cm³/mol. The Kier molecular flexibility index (Phi) is 3.82. The summed E-state index contributed by atoms with van der Waals surface area (Å²) in [5.41, 5.74) is -0.763. The van der Waals surface area contributed by atoms with Gasteiger partial charge in [-0.3, -0.25) is 14.6 Å². The van der Waals surface area contributed by atoms with Crippen molar-refractivity contribution < 1.29 is 9.59 Å². The van der Waals surface area contributed by atoms with Crippen LogP contribution in [0.4, 0.5) is 4.79 Å². The lowest BCUT2D eigenvalue weighted by Gasteiger charge is -2.36. The van der Waals surface area contributed by atoms with Crippen LogP contribution in [0.5, 0.6) is 0 Å². The van der Waals surface area contributed by atoms with Gasteiger partial charge in [-0.05, 0) is 27.7 Å². The normalized spacial score (nSPS) is 31.7. The molecule has 19 heavy (non-hydrogen) atoms. The van der Waals surface area contributed by atoms with E-state index < -0.39 is 5.54 Å². The number of carbonyl (C=O) groups excluding carboxylic acids is 2. The van der Waals surface area contributed by atoms with Crippen molar-refractivity contribution in [1.29, 1.82) is 0 Å². The van der Waals surface area contributed by atoms with Gasteiger partial charge in [0.05, 0.1) is 0 Å². The summed E-state index contributed by atoms with van der Waals surface area (Å²) >= 11 is 0. The fourth-order valence-corrected chi connectivity index (χ4v) is 2.89. The minimum Gasteiger partial charge on any atom is -0.324 e. The van der Waals surface area contributed by atoms with Crippen molar-refractivity contribution in [3.05, 3.63) is 0 Å².